The van der Waals surface area contributed by atoms with Crippen molar-refractivity contribution in [2.45, 2.75) is 6.92 Å². The van der Waals surface area contributed by atoms with E-state index in [2.05, 4.69) is 43.3 Å². The van der Waals surface area contributed by atoms with Crippen LogP contribution in [0.5, 0.6) is 0 Å². The fourth-order valence-electron chi connectivity index (χ4n) is 1.90. The maximum Gasteiger partial charge on any atom is 0.0322 e. The van der Waals surface area contributed by atoms with Gasteiger partial charge < -0.3 is 0 Å². The maximum absolute atomic E-state index is 2.22. The lowest BCUT2D eigenvalue weighted by atomic mass is 10.1. The number of benzene rings is 2. The van der Waals surface area contributed by atoms with Crippen LogP contribution in [0.25, 0.3) is 10.8 Å². The van der Waals surface area contributed by atoms with Crippen molar-refractivity contribution in [1.82, 2.24) is 0 Å². The van der Waals surface area contributed by atoms with Crippen LogP contribution in [-0.2, 0) is 0 Å². The highest BCUT2D eigenvalue weighted by Gasteiger charge is 2.30. The molecule has 0 spiro atoms. The second-order valence-corrected chi connectivity index (χ2v) is 3.33. The first kappa shape index (κ1) is 6.24. The fraction of sp³-hybridized carbons (Fsp3) is 0.0833. The first-order chi connectivity index (χ1) is 5.88. The summed E-state index contributed by atoms with van der Waals surface area (Å²) in [7, 11) is 0. The largest absolute Gasteiger partial charge is 0.0616 e. The normalized spacial score (nSPS) is 14.8. The van der Waals surface area contributed by atoms with E-state index >= 15 is 0 Å². The Morgan fingerprint density at radius 3 is 2.67 bits per heavy atom. The molecule has 3 rings (SSSR count). The molecule has 0 bridgehead atoms. The van der Waals surface area contributed by atoms with E-state index < -0.39 is 0 Å². The molecule has 2 aromatic rings. The average Bonchev–Trinajstić information content (AvgIpc) is 2.78. The topological polar surface area (TPSA) is 0 Å². The van der Waals surface area contributed by atoms with Gasteiger partial charge in [0.25, 0.3) is 0 Å². The first-order valence-electron chi connectivity index (χ1n) is 4.24. The summed E-state index contributed by atoms with van der Waals surface area (Å²) in [6.45, 7) is 2.19. The third-order valence-electron chi connectivity index (χ3n) is 2.65. The molecular weight excluding hydrogens is 144 g/mol. The molecule has 0 unspecified atom stereocenters. The van der Waals surface area contributed by atoms with Crippen molar-refractivity contribution in [3.05, 3.63) is 53.4 Å². The molecule has 0 amide bonds. The Balaban J connectivity index is 2.47. The van der Waals surface area contributed by atoms with Crippen LogP contribution >= 0.6 is 0 Å². The Hall–Kier alpha value is -1.30. The van der Waals surface area contributed by atoms with Gasteiger partial charge in [0.15, 0.2) is 0 Å². The third kappa shape index (κ3) is 0.626. The van der Waals surface area contributed by atoms with Gasteiger partial charge in [0.1, 0.15) is 0 Å². The smallest absolute Gasteiger partial charge is 0.0322 e. The Bertz CT molecular complexity index is 455. The van der Waals surface area contributed by atoms with Gasteiger partial charge in [0.2, 0.25) is 0 Å². The standard InChI is InChI=1S/C12H9/c1-8-10-7-6-9-4-2-3-5-11(9)12(8)10/h2-7H,1H3. The molecule has 12 heavy (non-hydrogen) atoms. The predicted octanol–water partition coefficient (Wildman–Crippen LogP) is 3.14. The van der Waals surface area contributed by atoms with E-state index in [1.807, 2.05) is 0 Å². The Morgan fingerprint density at radius 2 is 1.75 bits per heavy atom. The van der Waals surface area contributed by atoms with Gasteiger partial charge in [-0.2, -0.15) is 0 Å². The molecule has 0 heterocycles. The fourth-order valence-corrected chi connectivity index (χ4v) is 1.90. The maximum atomic E-state index is 2.22. The zero-order valence-electron chi connectivity index (χ0n) is 6.96. The van der Waals surface area contributed by atoms with E-state index in [0.29, 0.717) is 0 Å². The summed E-state index contributed by atoms with van der Waals surface area (Å²) in [5, 5.41) is 2.76. The molecule has 0 fully saturated rings. The lowest BCUT2D eigenvalue weighted by molar-refractivity contribution is 1.47. The van der Waals surface area contributed by atoms with Crippen LogP contribution in [0.1, 0.15) is 18.1 Å². The van der Waals surface area contributed by atoms with Gasteiger partial charge in [0.05, 0.1) is 0 Å². The van der Waals surface area contributed by atoms with Crippen LogP contribution in [0.2, 0.25) is 0 Å². The van der Waals surface area contributed by atoms with Crippen molar-refractivity contribution in [2.75, 3.05) is 0 Å². The summed E-state index contributed by atoms with van der Waals surface area (Å²) < 4.78 is 0. The van der Waals surface area contributed by atoms with E-state index in [1.165, 1.54) is 27.8 Å². The average molecular weight is 153 g/mol. The summed E-state index contributed by atoms with van der Waals surface area (Å²) in [4.78, 5) is 0. The monoisotopic (exact) mass is 153 g/mol. The highest BCUT2D eigenvalue weighted by atomic mass is 14.3. The van der Waals surface area contributed by atoms with Crippen LogP contribution in [0, 0.1) is 5.92 Å². The quantitative estimate of drug-likeness (QED) is 0.545. The van der Waals surface area contributed by atoms with Gasteiger partial charge in [-0.05, 0) is 21.9 Å². The SMILES string of the molecule is C[C]1c2ccc3ccccc3c21. The van der Waals surface area contributed by atoms with Gasteiger partial charge in [-0.25, -0.2) is 0 Å². The highest BCUT2D eigenvalue weighted by Crippen LogP contribution is 2.46. The van der Waals surface area contributed by atoms with Crippen molar-refractivity contribution in [1.29, 1.82) is 0 Å². The van der Waals surface area contributed by atoms with Gasteiger partial charge in [-0.1, -0.05) is 43.3 Å². The van der Waals surface area contributed by atoms with Crippen molar-refractivity contribution < 1.29 is 0 Å². The van der Waals surface area contributed by atoms with Gasteiger partial charge in [0, 0.05) is 5.92 Å². The van der Waals surface area contributed by atoms with Gasteiger partial charge >= 0.3 is 0 Å². The van der Waals surface area contributed by atoms with Gasteiger partial charge in [-0.15, -0.1) is 0 Å². The summed E-state index contributed by atoms with van der Waals surface area (Å²) in [5.74, 6) is 1.47. The van der Waals surface area contributed by atoms with E-state index in [0.717, 1.165) is 0 Å². The summed E-state index contributed by atoms with van der Waals surface area (Å²) in [6.07, 6.45) is 0. The summed E-state index contributed by atoms with van der Waals surface area (Å²) in [6, 6.07) is 13.0. The van der Waals surface area contributed by atoms with Crippen molar-refractivity contribution in [3.63, 3.8) is 0 Å². The molecular formula is C12H9. The van der Waals surface area contributed by atoms with E-state index in [4.69, 9.17) is 0 Å². The van der Waals surface area contributed by atoms with Crippen LogP contribution in [0.15, 0.2) is 36.4 Å². The molecule has 0 aliphatic heterocycles. The minimum Gasteiger partial charge on any atom is -0.0616 e. The molecule has 1 aliphatic rings. The summed E-state index contributed by atoms with van der Waals surface area (Å²) >= 11 is 0. The zero-order valence-corrected chi connectivity index (χ0v) is 6.96. The molecule has 1 radical (unpaired) electrons. The molecule has 2 aromatic carbocycles. The van der Waals surface area contributed by atoms with Crippen LogP contribution in [0.3, 0.4) is 0 Å². The lowest BCUT2D eigenvalue weighted by Crippen LogP contribution is -1.68. The molecule has 0 saturated carbocycles. The van der Waals surface area contributed by atoms with Gasteiger partial charge in [-0.3, -0.25) is 0 Å². The molecule has 0 aromatic heterocycles. The van der Waals surface area contributed by atoms with Crippen molar-refractivity contribution >= 4 is 10.8 Å². The minimum absolute atomic E-state index is 1.35. The predicted molar refractivity (Wildman–Crippen MR) is 51.1 cm³/mol. The summed E-state index contributed by atoms with van der Waals surface area (Å²) in [5.41, 5.74) is 2.93. The lowest BCUT2D eigenvalue weighted by Gasteiger charge is -1.92. The van der Waals surface area contributed by atoms with E-state index in [-0.39, 0.29) is 0 Å². The van der Waals surface area contributed by atoms with Crippen LogP contribution < -0.4 is 0 Å². The minimum atomic E-state index is 1.35. The molecule has 1 aliphatic carbocycles. The molecule has 0 nitrogen and oxygen atoms in total. The second-order valence-electron chi connectivity index (χ2n) is 3.33. The number of rotatable bonds is 0. The zero-order chi connectivity index (χ0) is 8.13. The Labute approximate surface area is 71.8 Å². The molecule has 0 atom stereocenters. The molecule has 0 heteroatoms. The van der Waals surface area contributed by atoms with Crippen molar-refractivity contribution in [2.24, 2.45) is 0 Å². The van der Waals surface area contributed by atoms with Crippen LogP contribution in [0.4, 0.5) is 0 Å². The molecule has 57 valence electrons. The Morgan fingerprint density at radius 1 is 0.917 bits per heavy atom. The van der Waals surface area contributed by atoms with Crippen LogP contribution in [-0.4, -0.2) is 0 Å². The number of fused-ring (bicyclic) bond motifs is 3. The second kappa shape index (κ2) is 1.89. The first-order valence-corrected chi connectivity index (χ1v) is 4.24. The van der Waals surface area contributed by atoms with Crippen molar-refractivity contribution in [3.8, 4) is 0 Å². The third-order valence-corrected chi connectivity index (χ3v) is 2.65. The number of hydrogen-bond acceptors (Lipinski definition) is 0. The van der Waals surface area contributed by atoms with E-state index in [9.17, 15) is 0 Å². The number of hydrogen-bond donors (Lipinski definition) is 0. The molecule has 0 N–H and O–H groups in total. The molecule has 0 saturated heterocycles. The Kier molecular flexibility index (Phi) is 0.984. The highest BCUT2D eigenvalue weighted by molar-refractivity contribution is 5.96. The van der Waals surface area contributed by atoms with E-state index in [1.54, 1.807) is 0 Å².